The third-order valence-electron chi connectivity index (χ3n) is 4.73. The summed E-state index contributed by atoms with van der Waals surface area (Å²) in [4.78, 5) is 14.5. The summed E-state index contributed by atoms with van der Waals surface area (Å²) in [5.41, 5.74) is 1.10. The van der Waals surface area contributed by atoms with E-state index in [-0.39, 0.29) is 12.1 Å². The van der Waals surface area contributed by atoms with Crippen molar-refractivity contribution in [3.63, 3.8) is 0 Å². The lowest BCUT2D eigenvalue weighted by Gasteiger charge is -2.41. The van der Waals surface area contributed by atoms with Crippen molar-refractivity contribution in [3.8, 4) is 0 Å². The molecule has 2 atom stereocenters. The van der Waals surface area contributed by atoms with Gasteiger partial charge in [0, 0.05) is 24.3 Å². The molecule has 0 spiro atoms. The minimum Gasteiger partial charge on any atom is -0.444 e. The number of carbonyl (C=O) groups is 1. The van der Waals surface area contributed by atoms with Gasteiger partial charge in [0.15, 0.2) is 0 Å². The molecule has 1 N–H and O–H groups in total. The molecule has 2 aliphatic rings. The maximum absolute atomic E-state index is 11.9. The first-order valence-electron chi connectivity index (χ1n) is 9.30. The highest BCUT2D eigenvalue weighted by molar-refractivity contribution is 5.68. The second kappa shape index (κ2) is 8.07. The Morgan fingerprint density at radius 3 is 2.70 bits per heavy atom. The molecule has 0 saturated carbocycles. The Labute approximate surface area is 141 Å². The molecule has 1 aliphatic carbocycles. The number of allylic oxidation sites excluding steroid dienone is 2. The van der Waals surface area contributed by atoms with Crippen LogP contribution in [0.3, 0.4) is 0 Å². The first-order chi connectivity index (χ1) is 10.8. The normalized spacial score (nSPS) is 29.0. The van der Waals surface area contributed by atoms with Crippen LogP contribution in [0.1, 0.15) is 79.1 Å². The maximum Gasteiger partial charge on any atom is 0.407 e. The molecule has 1 fully saturated rings. The van der Waals surface area contributed by atoms with E-state index in [1.165, 1.54) is 44.2 Å². The molecule has 1 aliphatic heterocycles. The summed E-state index contributed by atoms with van der Waals surface area (Å²) >= 11 is 0. The molecule has 0 aromatic rings. The highest BCUT2D eigenvalue weighted by atomic mass is 16.6. The first-order valence-corrected chi connectivity index (χ1v) is 9.30. The smallest absolute Gasteiger partial charge is 0.407 e. The van der Waals surface area contributed by atoms with Crippen LogP contribution in [-0.4, -0.2) is 35.2 Å². The lowest BCUT2D eigenvalue weighted by Crippen LogP contribution is -2.49. The zero-order valence-corrected chi connectivity index (χ0v) is 15.4. The van der Waals surface area contributed by atoms with Crippen LogP contribution < -0.4 is 5.32 Å². The van der Waals surface area contributed by atoms with Gasteiger partial charge in [0.2, 0.25) is 0 Å². The largest absolute Gasteiger partial charge is 0.444 e. The molecular weight excluding hydrogens is 288 g/mol. The lowest BCUT2D eigenvalue weighted by atomic mass is 9.95. The zero-order chi connectivity index (χ0) is 16.9. The Morgan fingerprint density at radius 1 is 1.26 bits per heavy atom. The van der Waals surface area contributed by atoms with Crippen LogP contribution >= 0.6 is 0 Å². The Kier molecular flexibility index (Phi) is 6.37. The molecule has 0 bridgehead atoms. The quantitative estimate of drug-likeness (QED) is 0.807. The molecule has 23 heavy (non-hydrogen) atoms. The van der Waals surface area contributed by atoms with Crippen LogP contribution in [0.2, 0.25) is 0 Å². The number of ether oxygens (including phenoxy) is 1. The van der Waals surface area contributed by atoms with E-state index in [1.807, 2.05) is 20.8 Å². The van der Waals surface area contributed by atoms with Gasteiger partial charge < -0.3 is 15.0 Å². The van der Waals surface area contributed by atoms with Gasteiger partial charge >= 0.3 is 6.09 Å². The molecule has 132 valence electrons. The number of nitrogens with one attached hydrogen (secondary N) is 1. The Morgan fingerprint density at radius 2 is 2.00 bits per heavy atom. The molecule has 0 aromatic carbocycles. The van der Waals surface area contributed by atoms with Gasteiger partial charge in [0.1, 0.15) is 5.60 Å². The number of amides is 1. The van der Waals surface area contributed by atoms with E-state index in [1.54, 1.807) is 0 Å². The third kappa shape index (κ3) is 6.08. The average molecular weight is 322 g/mol. The fourth-order valence-electron chi connectivity index (χ4n) is 3.64. The van der Waals surface area contributed by atoms with Crippen molar-refractivity contribution in [3.05, 3.63) is 11.8 Å². The highest BCUT2D eigenvalue weighted by Crippen LogP contribution is 2.27. The number of nitrogens with zero attached hydrogens (tertiary/aromatic N) is 1. The number of hydrogen-bond acceptors (Lipinski definition) is 3. The maximum atomic E-state index is 11.9. The predicted octanol–water partition coefficient (Wildman–Crippen LogP) is 4.60. The van der Waals surface area contributed by atoms with Crippen molar-refractivity contribution in [2.24, 2.45) is 0 Å². The van der Waals surface area contributed by atoms with Crippen molar-refractivity contribution in [1.82, 2.24) is 10.2 Å². The van der Waals surface area contributed by atoms with Gasteiger partial charge in [0.25, 0.3) is 0 Å². The third-order valence-corrected chi connectivity index (χ3v) is 4.73. The predicted molar refractivity (Wildman–Crippen MR) is 94.3 cm³/mol. The Balaban J connectivity index is 1.85. The van der Waals surface area contributed by atoms with E-state index < -0.39 is 5.60 Å². The van der Waals surface area contributed by atoms with Crippen LogP contribution in [-0.2, 0) is 4.74 Å². The summed E-state index contributed by atoms with van der Waals surface area (Å²) in [5, 5.41) is 3.04. The van der Waals surface area contributed by atoms with Crippen LogP contribution in [0.5, 0.6) is 0 Å². The minimum absolute atomic E-state index is 0.227. The molecule has 0 radical (unpaired) electrons. The van der Waals surface area contributed by atoms with E-state index in [0.717, 1.165) is 19.4 Å². The zero-order valence-electron chi connectivity index (χ0n) is 15.4. The van der Waals surface area contributed by atoms with Gasteiger partial charge in [0.05, 0.1) is 0 Å². The molecule has 2 unspecified atom stereocenters. The molecule has 0 aromatic heterocycles. The minimum atomic E-state index is -0.430. The van der Waals surface area contributed by atoms with Crippen LogP contribution in [0.25, 0.3) is 0 Å². The SMILES string of the molecule is CC1CC(NC(=O)OC(C)(C)C)CCN1/C1=C/CCCCCC1. The van der Waals surface area contributed by atoms with Gasteiger partial charge in [-0.3, -0.25) is 0 Å². The number of hydrogen-bond donors (Lipinski definition) is 1. The van der Waals surface area contributed by atoms with E-state index in [0.29, 0.717) is 6.04 Å². The fourth-order valence-corrected chi connectivity index (χ4v) is 3.64. The molecule has 1 heterocycles. The van der Waals surface area contributed by atoms with Crippen molar-refractivity contribution >= 4 is 6.09 Å². The summed E-state index contributed by atoms with van der Waals surface area (Å²) in [6, 6.07) is 0.708. The van der Waals surface area contributed by atoms with Crippen molar-refractivity contribution < 1.29 is 9.53 Å². The summed E-state index contributed by atoms with van der Waals surface area (Å²) in [7, 11) is 0. The first kappa shape index (κ1) is 18.2. The molecule has 2 rings (SSSR count). The highest BCUT2D eigenvalue weighted by Gasteiger charge is 2.28. The molecule has 1 saturated heterocycles. The number of alkyl carbamates (subject to hydrolysis) is 1. The summed E-state index contributed by atoms with van der Waals surface area (Å²) in [6.45, 7) is 9.02. The summed E-state index contributed by atoms with van der Waals surface area (Å²) in [6.07, 6.45) is 12.0. The van der Waals surface area contributed by atoms with Crippen molar-refractivity contribution in [1.29, 1.82) is 0 Å². The van der Waals surface area contributed by atoms with E-state index in [4.69, 9.17) is 4.74 Å². The second-order valence-electron chi connectivity index (χ2n) is 8.06. The number of rotatable bonds is 2. The van der Waals surface area contributed by atoms with Crippen LogP contribution in [0.4, 0.5) is 4.79 Å². The van der Waals surface area contributed by atoms with Gasteiger partial charge in [-0.2, -0.15) is 0 Å². The second-order valence-corrected chi connectivity index (χ2v) is 8.06. The molecular formula is C19H34N2O2. The number of likely N-dealkylation sites (tertiary alicyclic amines) is 1. The number of carbonyl (C=O) groups excluding carboxylic acids is 1. The molecule has 1 amide bonds. The standard InChI is InChI=1S/C19H34N2O2/c1-15-14-16(20-18(22)23-19(2,3)4)12-13-21(15)17-10-8-6-5-7-9-11-17/h10,15-16H,5-9,11-14H2,1-4H3,(H,20,22)/b17-10+. The van der Waals surface area contributed by atoms with Gasteiger partial charge in [-0.25, -0.2) is 4.79 Å². The monoisotopic (exact) mass is 322 g/mol. The van der Waals surface area contributed by atoms with E-state index in [9.17, 15) is 4.79 Å². The van der Waals surface area contributed by atoms with Crippen LogP contribution in [0, 0.1) is 0 Å². The van der Waals surface area contributed by atoms with Crippen molar-refractivity contribution in [2.45, 2.75) is 96.7 Å². The number of piperidine rings is 1. The van der Waals surface area contributed by atoms with Crippen LogP contribution in [0.15, 0.2) is 11.8 Å². The van der Waals surface area contributed by atoms with E-state index >= 15 is 0 Å². The van der Waals surface area contributed by atoms with E-state index in [2.05, 4.69) is 23.2 Å². The fraction of sp³-hybridized carbons (Fsp3) is 0.842. The van der Waals surface area contributed by atoms with Gasteiger partial charge in [-0.1, -0.05) is 18.9 Å². The average Bonchev–Trinajstić information content (AvgIpc) is 2.37. The van der Waals surface area contributed by atoms with Gasteiger partial charge in [-0.05, 0) is 66.2 Å². The van der Waals surface area contributed by atoms with Gasteiger partial charge in [-0.15, -0.1) is 0 Å². The molecule has 4 nitrogen and oxygen atoms in total. The van der Waals surface area contributed by atoms with Crippen molar-refractivity contribution in [2.75, 3.05) is 6.54 Å². The Hall–Kier alpha value is -1.19. The topological polar surface area (TPSA) is 41.6 Å². The Bertz CT molecular complexity index is 426. The summed E-state index contributed by atoms with van der Waals surface area (Å²) in [5.74, 6) is 0. The molecule has 4 heteroatoms. The lowest BCUT2D eigenvalue weighted by molar-refractivity contribution is 0.0469. The summed E-state index contributed by atoms with van der Waals surface area (Å²) < 4.78 is 5.37.